The maximum atomic E-state index is 12.0. The summed E-state index contributed by atoms with van der Waals surface area (Å²) in [6, 6.07) is 10.2. The molecule has 0 spiro atoms. The maximum absolute atomic E-state index is 12.0. The smallest absolute Gasteiger partial charge is 0.307 e. The van der Waals surface area contributed by atoms with Crippen LogP contribution in [0.2, 0.25) is 0 Å². The average molecular weight is 407 g/mol. The highest BCUT2D eigenvalue weighted by Gasteiger charge is 2.25. The molecule has 1 unspecified atom stereocenters. The zero-order valence-corrected chi connectivity index (χ0v) is 17.0. The molecule has 8 heteroatoms. The molecule has 0 bridgehead atoms. The fourth-order valence-electron chi connectivity index (χ4n) is 3.61. The van der Waals surface area contributed by atoms with Gasteiger partial charge in [-0.05, 0) is 29.9 Å². The maximum Gasteiger partial charge on any atom is 0.307 e. The van der Waals surface area contributed by atoms with Gasteiger partial charge in [-0.2, -0.15) is 5.26 Å². The quantitative estimate of drug-likeness (QED) is 0.663. The Morgan fingerprint density at radius 3 is 2.70 bits per heavy atom. The zero-order valence-electron chi connectivity index (χ0n) is 17.0. The van der Waals surface area contributed by atoms with Crippen molar-refractivity contribution in [2.24, 2.45) is 5.92 Å². The van der Waals surface area contributed by atoms with E-state index in [4.69, 9.17) is 0 Å². The Morgan fingerprint density at radius 1 is 1.23 bits per heavy atom. The van der Waals surface area contributed by atoms with Crippen molar-refractivity contribution in [3.8, 4) is 6.07 Å². The molecule has 1 fully saturated rings. The lowest BCUT2D eigenvalue weighted by molar-refractivity contribution is -0.140. The number of nitrogens with zero attached hydrogens (tertiary/aromatic N) is 4. The zero-order chi connectivity index (χ0) is 21.3. The van der Waals surface area contributed by atoms with Crippen LogP contribution in [0, 0.1) is 17.2 Å². The lowest BCUT2D eigenvalue weighted by Gasteiger charge is -2.18. The Hall–Kier alpha value is -3.47. The van der Waals surface area contributed by atoms with Crippen LogP contribution in [0.3, 0.4) is 0 Å². The van der Waals surface area contributed by atoms with Crippen LogP contribution in [0.5, 0.6) is 0 Å². The first-order valence-corrected chi connectivity index (χ1v) is 9.96. The van der Waals surface area contributed by atoms with Gasteiger partial charge >= 0.3 is 5.97 Å². The summed E-state index contributed by atoms with van der Waals surface area (Å²) >= 11 is 0. The van der Waals surface area contributed by atoms with E-state index in [0.29, 0.717) is 17.4 Å². The van der Waals surface area contributed by atoms with Crippen molar-refractivity contribution in [3.63, 3.8) is 0 Å². The highest BCUT2D eigenvalue weighted by atomic mass is 16.5. The van der Waals surface area contributed by atoms with Gasteiger partial charge < -0.3 is 15.0 Å². The minimum Gasteiger partial charge on any atom is -0.469 e. The van der Waals surface area contributed by atoms with E-state index >= 15 is 0 Å². The summed E-state index contributed by atoms with van der Waals surface area (Å²) in [7, 11) is 1.33. The predicted octanol–water partition coefficient (Wildman–Crippen LogP) is 1.64. The summed E-state index contributed by atoms with van der Waals surface area (Å²) < 4.78 is 4.55. The molecule has 1 aliphatic heterocycles. The fraction of sp³-hybridized carbons (Fsp3) is 0.409. The number of carbonyl (C=O) groups excluding carboxylic acids is 2. The topological polar surface area (TPSA) is 108 Å². The van der Waals surface area contributed by atoms with Crippen LogP contribution < -0.4 is 10.2 Å². The number of benzene rings is 1. The number of aromatic nitrogens is 2. The van der Waals surface area contributed by atoms with Crippen LogP contribution in [-0.4, -0.2) is 48.6 Å². The molecular formula is C22H25N5O3. The predicted molar refractivity (Wildman–Crippen MR) is 111 cm³/mol. The van der Waals surface area contributed by atoms with Crippen molar-refractivity contribution in [3.05, 3.63) is 53.5 Å². The molecule has 0 radical (unpaired) electrons. The summed E-state index contributed by atoms with van der Waals surface area (Å²) in [5.74, 6) is 0.686. The molecule has 2 aromatic rings. The van der Waals surface area contributed by atoms with Crippen LogP contribution in [0.25, 0.3) is 0 Å². The number of esters is 1. The first kappa shape index (κ1) is 21.2. The molecule has 1 atom stereocenters. The van der Waals surface area contributed by atoms with Gasteiger partial charge in [-0.25, -0.2) is 9.97 Å². The summed E-state index contributed by atoms with van der Waals surface area (Å²) in [6.07, 6.45) is 5.58. The summed E-state index contributed by atoms with van der Waals surface area (Å²) in [6.45, 7) is 1.99. The number of hydrogen-bond acceptors (Lipinski definition) is 7. The molecule has 8 nitrogen and oxygen atoms in total. The van der Waals surface area contributed by atoms with E-state index in [0.717, 1.165) is 31.5 Å². The Kier molecular flexibility index (Phi) is 7.33. The van der Waals surface area contributed by atoms with E-state index in [-0.39, 0.29) is 31.3 Å². The molecule has 0 saturated carbocycles. The number of nitrogens with one attached hydrogen (secondary N) is 1. The third-order valence-electron chi connectivity index (χ3n) is 5.16. The first-order chi connectivity index (χ1) is 14.6. The largest absolute Gasteiger partial charge is 0.469 e. The fourth-order valence-corrected chi connectivity index (χ4v) is 3.61. The third kappa shape index (κ3) is 5.77. The van der Waals surface area contributed by atoms with Crippen LogP contribution in [-0.2, 0) is 27.2 Å². The Labute approximate surface area is 175 Å². The van der Waals surface area contributed by atoms with Crippen molar-refractivity contribution < 1.29 is 14.3 Å². The lowest BCUT2D eigenvalue weighted by Crippen LogP contribution is -2.27. The number of nitriles is 1. The van der Waals surface area contributed by atoms with Crippen molar-refractivity contribution in [1.29, 1.82) is 5.26 Å². The minimum atomic E-state index is -0.340. The van der Waals surface area contributed by atoms with Crippen LogP contribution in [0.15, 0.2) is 36.7 Å². The molecule has 1 aromatic carbocycles. The SMILES string of the molecule is COC(=O)CCNC(=O)Cc1ccc(CC2CCN(c3nccnc3C#N)C2)cc1. The molecule has 0 aliphatic carbocycles. The average Bonchev–Trinajstić information content (AvgIpc) is 3.23. The van der Waals surface area contributed by atoms with Crippen molar-refractivity contribution in [2.75, 3.05) is 31.6 Å². The molecular weight excluding hydrogens is 382 g/mol. The number of methoxy groups -OCH3 is 1. The summed E-state index contributed by atoms with van der Waals surface area (Å²) in [5, 5.41) is 11.9. The molecule has 1 amide bonds. The molecule has 2 heterocycles. The van der Waals surface area contributed by atoms with Crippen LogP contribution in [0.4, 0.5) is 5.82 Å². The molecule has 3 rings (SSSR count). The van der Waals surface area contributed by atoms with Gasteiger partial charge in [0, 0.05) is 32.0 Å². The lowest BCUT2D eigenvalue weighted by atomic mass is 9.97. The number of rotatable bonds is 8. The van der Waals surface area contributed by atoms with Crippen molar-refractivity contribution in [2.45, 2.75) is 25.7 Å². The van der Waals surface area contributed by atoms with E-state index in [1.807, 2.05) is 12.1 Å². The van der Waals surface area contributed by atoms with Gasteiger partial charge in [0.25, 0.3) is 0 Å². The molecule has 1 saturated heterocycles. The van der Waals surface area contributed by atoms with Gasteiger partial charge in [0.1, 0.15) is 6.07 Å². The second-order valence-electron chi connectivity index (χ2n) is 7.31. The molecule has 156 valence electrons. The minimum absolute atomic E-state index is 0.115. The van der Waals surface area contributed by atoms with E-state index in [9.17, 15) is 14.9 Å². The first-order valence-electron chi connectivity index (χ1n) is 9.96. The highest BCUT2D eigenvalue weighted by Crippen LogP contribution is 2.26. The van der Waals surface area contributed by atoms with Gasteiger partial charge in [-0.3, -0.25) is 9.59 Å². The van der Waals surface area contributed by atoms with Crippen molar-refractivity contribution >= 4 is 17.7 Å². The van der Waals surface area contributed by atoms with Gasteiger partial charge in [0.15, 0.2) is 11.5 Å². The van der Waals surface area contributed by atoms with Crippen molar-refractivity contribution in [1.82, 2.24) is 15.3 Å². The second-order valence-corrected chi connectivity index (χ2v) is 7.31. The van der Waals surface area contributed by atoms with Crippen LogP contribution in [0.1, 0.15) is 29.7 Å². The number of anilines is 1. The van der Waals surface area contributed by atoms with E-state index in [1.54, 1.807) is 6.20 Å². The number of carbonyl (C=O) groups is 2. The Balaban J connectivity index is 1.47. The van der Waals surface area contributed by atoms with E-state index in [2.05, 4.69) is 43.1 Å². The third-order valence-corrected chi connectivity index (χ3v) is 5.16. The molecule has 30 heavy (non-hydrogen) atoms. The molecule has 1 aliphatic rings. The van der Waals surface area contributed by atoms with Gasteiger partial charge in [0.2, 0.25) is 5.91 Å². The Bertz CT molecular complexity index is 923. The normalized spacial score (nSPS) is 15.5. The number of hydrogen-bond donors (Lipinski definition) is 1. The van der Waals surface area contributed by atoms with E-state index in [1.165, 1.54) is 18.9 Å². The monoisotopic (exact) mass is 407 g/mol. The standard InChI is InChI=1S/C22H25N5O3/c1-30-21(29)6-8-25-20(28)13-17-4-2-16(3-5-17)12-18-7-11-27(15-18)22-19(14-23)24-9-10-26-22/h2-5,9-10,18H,6-8,11-13,15H2,1H3,(H,25,28). The molecule has 1 aromatic heterocycles. The van der Waals surface area contributed by atoms with Crippen LogP contribution >= 0.6 is 0 Å². The number of amides is 1. The van der Waals surface area contributed by atoms with E-state index < -0.39 is 0 Å². The van der Waals surface area contributed by atoms with Gasteiger partial charge in [-0.15, -0.1) is 0 Å². The highest BCUT2D eigenvalue weighted by molar-refractivity contribution is 5.79. The Morgan fingerprint density at radius 2 is 1.97 bits per heavy atom. The second kappa shape index (κ2) is 10.3. The number of ether oxygens (including phenoxy) is 1. The summed E-state index contributed by atoms with van der Waals surface area (Å²) in [4.78, 5) is 33.6. The van der Waals surface area contributed by atoms with Gasteiger partial charge in [-0.1, -0.05) is 24.3 Å². The van der Waals surface area contributed by atoms with Gasteiger partial charge in [0.05, 0.1) is 20.0 Å². The molecule has 1 N–H and O–H groups in total. The summed E-state index contributed by atoms with van der Waals surface area (Å²) in [5.41, 5.74) is 2.52.